The van der Waals surface area contributed by atoms with Gasteiger partial charge in [0.1, 0.15) is 0 Å². The SMILES string of the molecule is CCC(NCC1(C)CCCCC1)c1cccs1. The van der Waals surface area contributed by atoms with Gasteiger partial charge in [0.15, 0.2) is 0 Å². The van der Waals surface area contributed by atoms with Crippen molar-refractivity contribution < 1.29 is 0 Å². The zero-order valence-electron chi connectivity index (χ0n) is 11.2. The lowest BCUT2D eigenvalue weighted by molar-refractivity contribution is 0.200. The minimum Gasteiger partial charge on any atom is -0.309 e. The maximum atomic E-state index is 3.79. The van der Waals surface area contributed by atoms with Crippen LogP contribution in [0.1, 0.15) is 63.3 Å². The van der Waals surface area contributed by atoms with Crippen LogP contribution in [0.15, 0.2) is 17.5 Å². The molecule has 2 rings (SSSR count). The second kappa shape index (κ2) is 6.01. The molecule has 0 spiro atoms. The first kappa shape index (κ1) is 13.1. The molecular formula is C15H25NS. The molecule has 1 aliphatic carbocycles. The van der Waals surface area contributed by atoms with Crippen LogP contribution in [0.4, 0.5) is 0 Å². The van der Waals surface area contributed by atoms with Crippen molar-refractivity contribution in [3.63, 3.8) is 0 Å². The summed E-state index contributed by atoms with van der Waals surface area (Å²) >= 11 is 1.88. The molecule has 1 aromatic heterocycles. The Bertz CT molecular complexity index is 312. The smallest absolute Gasteiger partial charge is 0.0412 e. The highest BCUT2D eigenvalue weighted by molar-refractivity contribution is 7.10. The molecule has 1 atom stereocenters. The van der Waals surface area contributed by atoms with E-state index in [1.54, 1.807) is 0 Å². The van der Waals surface area contributed by atoms with Gasteiger partial charge in [-0.25, -0.2) is 0 Å². The van der Waals surface area contributed by atoms with Crippen LogP contribution in [-0.4, -0.2) is 6.54 Å². The molecule has 1 saturated carbocycles. The number of hydrogen-bond donors (Lipinski definition) is 1. The first-order valence-corrected chi connectivity index (χ1v) is 7.88. The van der Waals surface area contributed by atoms with Crippen molar-refractivity contribution >= 4 is 11.3 Å². The van der Waals surface area contributed by atoms with Gasteiger partial charge in [0.25, 0.3) is 0 Å². The third-order valence-electron chi connectivity index (χ3n) is 4.13. The van der Waals surface area contributed by atoms with Crippen LogP contribution in [0.25, 0.3) is 0 Å². The molecule has 0 bridgehead atoms. The summed E-state index contributed by atoms with van der Waals surface area (Å²) in [5.41, 5.74) is 0.545. The third-order valence-corrected chi connectivity index (χ3v) is 5.12. The Hall–Kier alpha value is -0.340. The molecule has 1 aromatic rings. The van der Waals surface area contributed by atoms with E-state index in [-0.39, 0.29) is 0 Å². The van der Waals surface area contributed by atoms with Gasteiger partial charge < -0.3 is 5.32 Å². The molecular weight excluding hydrogens is 226 g/mol. The number of thiophene rings is 1. The summed E-state index contributed by atoms with van der Waals surface area (Å²) < 4.78 is 0. The van der Waals surface area contributed by atoms with E-state index in [0.29, 0.717) is 11.5 Å². The van der Waals surface area contributed by atoms with E-state index in [9.17, 15) is 0 Å². The van der Waals surface area contributed by atoms with Gasteiger partial charge in [-0.2, -0.15) is 0 Å². The van der Waals surface area contributed by atoms with E-state index in [1.165, 1.54) is 49.9 Å². The molecule has 1 fully saturated rings. The molecule has 1 nitrogen and oxygen atoms in total. The van der Waals surface area contributed by atoms with Crippen molar-refractivity contribution in [1.82, 2.24) is 5.32 Å². The standard InChI is InChI=1S/C15H25NS/c1-3-13(14-8-7-11-17-14)16-12-15(2)9-5-4-6-10-15/h7-8,11,13,16H,3-6,9-10,12H2,1-2H3. The first-order chi connectivity index (χ1) is 8.23. The minimum atomic E-state index is 0.545. The summed E-state index contributed by atoms with van der Waals surface area (Å²) in [5, 5.41) is 5.97. The van der Waals surface area contributed by atoms with Gasteiger partial charge in [0.2, 0.25) is 0 Å². The summed E-state index contributed by atoms with van der Waals surface area (Å²) in [4.78, 5) is 1.49. The molecule has 1 aliphatic rings. The molecule has 0 saturated heterocycles. The second-order valence-electron chi connectivity index (χ2n) is 5.73. The fourth-order valence-corrected chi connectivity index (χ4v) is 3.77. The highest BCUT2D eigenvalue weighted by Crippen LogP contribution is 2.35. The molecule has 96 valence electrons. The average Bonchev–Trinajstić information content (AvgIpc) is 2.84. The van der Waals surface area contributed by atoms with Crippen LogP contribution in [0.5, 0.6) is 0 Å². The first-order valence-electron chi connectivity index (χ1n) is 7.00. The van der Waals surface area contributed by atoms with Gasteiger partial charge in [-0.1, -0.05) is 39.2 Å². The Kier molecular flexibility index (Phi) is 4.63. The summed E-state index contributed by atoms with van der Waals surface area (Å²) in [6.07, 6.45) is 8.29. The topological polar surface area (TPSA) is 12.0 Å². The Morgan fingerprint density at radius 2 is 2.12 bits per heavy atom. The Morgan fingerprint density at radius 3 is 2.71 bits per heavy atom. The van der Waals surface area contributed by atoms with Gasteiger partial charge >= 0.3 is 0 Å². The molecule has 0 aliphatic heterocycles. The van der Waals surface area contributed by atoms with E-state index in [0.717, 1.165) is 0 Å². The predicted molar refractivity (Wildman–Crippen MR) is 76.5 cm³/mol. The van der Waals surface area contributed by atoms with Crippen molar-refractivity contribution in [3.8, 4) is 0 Å². The maximum absolute atomic E-state index is 3.79. The molecule has 17 heavy (non-hydrogen) atoms. The Balaban J connectivity index is 1.87. The number of hydrogen-bond acceptors (Lipinski definition) is 2. The normalized spacial score (nSPS) is 21.3. The van der Waals surface area contributed by atoms with Crippen LogP contribution >= 0.6 is 11.3 Å². The van der Waals surface area contributed by atoms with Crippen LogP contribution < -0.4 is 5.32 Å². The minimum absolute atomic E-state index is 0.545. The lowest BCUT2D eigenvalue weighted by atomic mass is 9.75. The lowest BCUT2D eigenvalue weighted by Gasteiger charge is -2.35. The summed E-state index contributed by atoms with van der Waals surface area (Å²) in [7, 11) is 0. The highest BCUT2D eigenvalue weighted by atomic mass is 32.1. The van der Waals surface area contributed by atoms with Gasteiger partial charge in [-0.15, -0.1) is 11.3 Å². The quantitative estimate of drug-likeness (QED) is 0.795. The van der Waals surface area contributed by atoms with Gasteiger partial charge in [-0.3, -0.25) is 0 Å². The van der Waals surface area contributed by atoms with Crippen LogP contribution in [-0.2, 0) is 0 Å². The van der Waals surface area contributed by atoms with E-state index in [2.05, 4.69) is 36.7 Å². The highest BCUT2D eigenvalue weighted by Gasteiger charge is 2.27. The van der Waals surface area contributed by atoms with Crippen molar-refractivity contribution in [2.45, 2.75) is 58.4 Å². The fourth-order valence-electron chi connectivity index (χ4n) is 2.89. The molecule has 0 amide bonds. The molecule has 1 heterocycles. The van der Waals surface area contributed by atoms with Crippen LogP contribution in [0.2, 0.25) is 0 Å². The number of rotatable bonds is 5. The molecule has 1 N–H and O–H groups in total. The second-order valence-corrected chi connectivity index (χ2v) is 6.71. The van der Waals surface area contributed by atoms with E-state index >= 15 is 0 Å². The van der Waals surface area contributed by atoms with Crippen LogP contribution in [0, 0.1) is 5.41 Å². The fraction of sp³-hybridized carbons (Fsp3) is 0.733. The van der Waals surface area contributed by atoms with Crippen molar-refractivity contribution in [2.75, 3.05) is 6.54 Å². The largest absolute Gasteiger partial charge is 0.309 e. The summed E-state index contributed by atoms with van der Waals surface area (Å²) in [6.45, 7) is 5.92. The van der Waals surface area contributed by atoms with E-state index in [1.807, 2.05) is 11.3 Å². The lowest BCUT2D eigenvalue weighted by Crippen LogP contribution is -2.35. The molecule has 1 unspecified atom stereocenters. The molecule has 0 radical (unpaired) electrons. The summed E-state index contributed by atoms with van der Waals surface area (Å²) in [6, 6.07) is 4.98. The van der Waals surface area contributed by atoms with Crippen molar-refractivity contribution in [3.05, 3.63) is 22.4 Å². The Labute approximate surface area is 110 Å². The van der Waals surface area contributed by atoms with Gasteiger partial charge in [0.05, 0.1) is 0 Å². The molecule has 2 heteroatoms. The number of nitrogens with one attached hydrogen (secondary N) is 1. The third kappa shape index (κ3) is 3.56. The average molecular weight is 251 g/mol. The maximum Gasteiger partial charge on any atom is 0.0412 e. The van der Waals surface area contributed by atoms with Crippen LogP contribution in [0.3, 0.4) is 0 Å². The zero-order valence-corrected chi connectivity index (χ0v) is 12.0. The van der Waals surface area contributed by atoms with Gasteiger partial charge in [0, 0.05) is 17.5 Å². The Morgan fingerprint density at radius 1 is 1.35 bits per heavy atom. The van der Waals surface area contributed by atoms with Crippen molar-refractivity contribution in [1.29, 1.82) is 0 Å². The zero-order chi connectivity index (χ0) is 12.1. The monoisotopic (exact) mass is 251 g/mol. The predicted octanol–water partition coefficient (Wildman–Crippen LogP) is 4.76. The van der Waals surface area contributed by atoms with Crippen molar-refractivity contribution in [2.24, 2.45) is 5.41 Å². The van der Waals surface area contributed by atoms with Gasteiger partial charge in [-0.05, 0) is 36.1 Å². The summed E-state index contributed by atoms with van der Waals surface area (Å²) in [5.74, 6) is 0. The molecule has 0 aromatic carbocycles. The van der Waals surface area contributed by atoms with E-state index < -0.39 is 0 Å². The van der Waals surface area contributed by atoms with E-state index in [4.69, 9.17) is 0 Å².